The number of morpholine rings is 1. The molecule has 0 atom stereocenters. The highest BCUT2D eigenvalue weighted by Crippen LogP contribution is 1.95. The molecule has 1 aromatic rings. The van der Waals surface area contributed by atoms with Gasteiger partial charge in [-0.2, -0.15) is 0 Å². The third kappa shape index (κ3) is 5.79. The SMILES string of the molecule is I.NC(=NCCNC(=O)c1cnccn1)N1CCOCC1. The number of ether oxygens (including phenoxy) is 1. The van der Waals surface area contributed by atoms with E-state index >= 15 is 0 Å². The minimum absolute atomic E-state index is 0. The zero-order valence-electron chi connectivity index (χ0n) is 11.6. The number of halogens is 1. The van der Waals surface area contributed by atoms with E-state index in [2.05, 4.69) is 20.3 Å². The Kier molecular flexibility index (Phi) is 7.90. The second kappa shape index (κ2) is 9.45. The summed E-state index contributed by atoms with van der Waals surface area (Å²) >= 11 is 0. The maximum absolute atomic E-state index is 11.7. The van der Waals surface area contributed by atoms with Crippen molar-refractivity contribution in [3.05, 3.63) is 24.3 Å². The number of carbonyl (C=O) groups is 1. The molecule has 9 heteroatoms. The van der Waals surface area contributed by atoms with Crippen molar-refractivity contribution < 1.29 is 9.53 Å². The van der Waals surface area contributed by atoms with Gasteiger partial charge in [-0.05, 0) is 0 Å². The molecule has 0 unspecified atom stereocenters. The zero-order valence-corrected chi connectivity index (χ0v) is 13.9. The van der Waals surface area contributed by atoms with Crippen molar-refractivity contribution in [2.45, 2.75) is 0 Å². The van der Waals surface area contributed by atoms with E-state index in [4.69, 9.17) is 10.5 Å². The molecular weight excluding hydrogens is 387 g/mol. The predicted octanol–water partition coefficient (Wildman–Crippen LogP) is -0.529. The van der Waals surface area contributed by atoms with E-state index in [1.54, 1.807) is 0 Å². The highest BCUT2D eigenvalue weighted by atomic mass is 127. The van der Waals surface area contributed by atoms with Crippen LogP contribution in [0.5, 0.6) is 0 Å². The lowest BCUT2D eigenvalue weighted by Gasteiger charge is -2.27. The van der Waals surface area contributed by atoms with Crippen molar-refractivity contribution in [1.82, 2.24) is 20.2 Å². The van der Waals surface area contributed by atoms with Gasteiger partial charge in [-0.1, -0.05) is 0 Å². The fourth-order valence-corrected chi connectivity index (χ4v) is 1.74. The molecule has 0 bridgehead atoms. The van der Waals surface area contributed by atoms with E-state index in [-0.39, 0.29) is 35.6 Å². The molecule has 1 fully saturated rings. The van der Waals surface area contributed by atoms with Crippen LogP contribution in [-0.4, -0.2) is 66.1 Å². The number of hydrogen-bond acceptors (Lipinski definition) is 5. The number of hydrogen-bond donors (Lipinski definition) is 2. The Morgan fingerprint density at radius 2 is 2.19 bits per heavy atom. The minimum atomic E-state index is -0.266. The summed E-state index contributed by atoms with van der Waals surface area (Å²) < 4.78 is 5.23. The van der Waals surface area contributed by atoms with E-state index in [0.717, 1.165) is 13.1 Å². The van der Waals surface area contributed by atoms with Crippen molar-refractivity contribution in [1.29, 1.82) is 0 Å². The maximum atomic E-state index is 11.7. The Morgan fingerprint density at radius 3 is 2.86 bits per heavy atom. The van der Waals surface area contributed by atoms with Gasteiger partial charge in [-0.25, -0.2) is 4.98 Å². The van der Waals surface area contributed by atoms with E-state index in [1.807, 2.05) is 4.90 Å². The topological polar surface area (TPSA) is 106 Å². The van der Waals surface area contributed by atoms with Gasteiger partial charge in [-0.3, -0.25) is 14.8 Å². The van der Waals surface area contributed by atoms with Gasteiger partial charge >= 0.3 is 0 Å². The number of rotatable bonds is 4. The number of carbonyl (C=O) groups excluding carboxylic acids is 1. The Balaban J connectivity index is 0.00000220. The quantitative estimate of drug-likeness (QED) is 0.302. The molecule has 1 aliphatic rings. The molecule has 0 radical (unpaired) electrons. The van der Waals surface area contributed by atoms with E-state index in [1.165, 1.54) is 18.6 Å². The van der Waals surface area contributed by atoms with E-state index in [0.29, 0.717) is 32.3 Å². The van der Waals surface area contributed by atoms with Crippen LogP contribution in [0.1, 0.15) is 10.5 Å². The first kappa shape index (κ1) is 17.6. The lowest BCUT2D eigenvalue weighted by atomic mass is 10.4. The fourth-order valence-electron chi connectivity index (χ4n) is 1.74. The summed E-state index contributed by atoms with van der Waals surface area (Å²) in [4.78, 5) is 25.6. The largest absolute Gasteiger partial charge is 0.378 e. The van der Waals surface area contributed by atoms with E-state index in [9.17, 15) is 4.79 Å². The highest BCUT2D eigenvalue weighted by Gasteiger charge is 2.11. The fraction of sp³-hybridized carbons (Fsp3) is 0.500. The van der Waals surface area contributed by atoms with Crippen LogP contribution < -0.4 is 11.1 Å². The van der Waals surface area contributed by atoms with Crippen molar-refractivity contribution in [2.24, 2.45) is 10.7 Å². The number of aliphatic imine (C=N–C) groups is 1. The summed E-state index contributed by atoms with van der Waals surface area (Å²) in [6, 6.07) is 0. The number of nitrogens with one attached hydrogen (secondary N) is 1. The molecule has 1 amide bonds. The molecule has 0 spiro atoms. The molecular formula is C12H19IN6O2. The Labute approximate surface area is 140 Å². The van der Waals surface area contributed by atoms with Gasteiger partial charge in [0.05, 0.1) is 26.0 Å². The van der Waals surface area contributed by atoms with Gasteiger partial charge in [0.1, 0.15) is 5.69 Å². The van der Waals surface area contributed by atoms with Crippen LogP contribution in [0.3, 0.4) is 0 Å². The Bertz CT molecular complexity index is 464. The zero-order chi connectivity index (χ0) is 14.2. The van der Waals surface area contributed by atoms with Gasteiger partial charge in [0.25, 0.3) is 5.91 Å². The monoisotopic (exact) mass is 406 g/mol. The lowest BCUT2D eigenvalue weighted by Crippen LogP contribution is -2.45. The summed E-state index contributed by atoms with van der Waals surface area (Å²) in [6.07, 6.45) is 4.41. The molecule has 21 heavy (non-hydrogen) atoms. The minimum Gasteiger partial charge on any atom is -0.378 e. The van der Waals surface area contributed by atoms with Crippen LogP contribution in [0, 0.1) is 0 Å². The molecule has 1 aromatic heterocycles. The first-order valence-corrected chi connectivity index (χ1v) is 6.44. The average Bonchev–Trinajstić information content (AvgIpc) is 2.53. The number of amides is 1. The van der Waals surface area contributed by atoms with Crippen molar-refractivity contribution in [3.8, 4) is 0 Å². The molecule has 8 nitrogen and oxygen atoms in total. The molecule has 2 rings (SSSR count). The Morgan fingerprint density at radius 1 is 1.43 bits per heavy atom. The van der Waals surface area contributed by atoms with Gasteiger partial charge in [-0.15, -0.1) is 24.0 Å². The van der Waals surface area contributed by atoms with Crippen LogP contribution in [0.25, 0.3) is 0 Å². The van der Waals surface area contributed by atoms with Gasteiger partial charge in [0, 0.05) is 32.0 Å². The van der Waals surface area contributed by atoms with Crippen molar-refractivity contribution >= 4 is 35.8 Å². The molecule has 1 saturated heterocycles. The summed E-state index contributed by atoms with van der Waals surface area (Å²) in [6.45, 7) is 3.66. The van der Waals surface area contributed by atoms with Crippen LogP contribution in [0.15, 0.2) is 23.6 Å². The predicted molar refractivity (Wildman–Crippen MR) is 88.7 cm³/mol. The summed E-state index contributed by atoms with van der Waals surface area (Å²) in [5.74, 6) is 0.222. The molecule has 1 aliphatic heterocycles. The molecule has 2 heterocycles. The number of nitrogens with two attached hydrogens (primary N) is 1. The summed E-state index contributed by atoms with van der Waals surface area (Å²) in [5, 5.41) is 2.71. The average molecular weight is 406 g/mol. The van der Waals surface area contributed by atoms with E-state index < -0.39 is 0 Å². The Hall–Kier alpha value is -1.49. The van der Waals surface area contributed by atoms with Crippen LogP contribution >= 0.6 is 24.0 Å². The third-order valence-corrected chi connectivity index (χ3v) is 2.80. The van der Waals surface area contributed by atoms with Crippen LogP contribution in [-0.2, 0) is 4.74 Å². The molecule has 116 valence electrons. The lowest BCUT2D eigenvalue weighted by molar-refractivity contribution is 0.0674. The smallest absolute Gasteiger partial charge is 0.271 e. The third-order valence-electron chi connectivity index (χ3n) is 2.80. The van der Waals surface area contributed by atoms with Crippen LogP contribution in [0.2, 0.25) is 0 Å². The number of guanidine groups is 1. The second-order valence-corrected chi connectivity index (χ2v) is 4.19. The number of nitrogens with zero attached hydrogens (tertiary/aromatic N) is 4. The molecule has 0 aliphatic carbocycles. The van der Waals surface area contributed by atoms with Crippen molar-refractivity contribution in [3.63, 3.8) is 0 Å². The highest BCUT2D eigenvalue weighted by molar-refractivity contribution is 14.0. The standard InChI is InChI=1S/C12H18N6O2.HI/c13-12(18-5-7-20-8-6-18)17-4-3-16-11(19)10-9-14-1-2-15-10;/h1-2,9H,3-8H2,(H2,13,17)(H,16,19);1H. The molecule has 3 N–H and O–H groups in total. The first-order chi connectivity index (χ1) is 9.77. The number of aromatic nitrogens is 2. The summed E-state index contributed by atoms with van der Waals surface area (Å²) in [5.41, 5.74) is 6.15. The van der Waals surface area contributed by atoms with Gasteiger partial charge < -0.3 is 20.7 Å². The normalized spacial score (nSPS) is 15.2. The second-order valence-electron chi connectivity index (χ2n) is 4.19. The van der Waals surface area contributed by atoms with Crippen molar-refractivity contribution in [2.75, 3.05) is 39.4 Å². The summed E-state index contributed by atoms with van der Waals surface area (Å²) in [7, 11) is 0. The molecule has 0 aromatic carbocycles. The van der Waals surface area contributed by atoms with Crippen LogP contribution in [0.4, 0.5) is 0 Å². The first-order valence-electron chi connectivity index (χ1n) is 6.44. The maximum Gasteiger partial charge on any atom is 0.271 e. The molecule has 0 saturated carbocycles. The van der Waals surface area contributed by atoms with Gasteiger partial charge in [0.2, 0.25) is 0 Å². The van der Waals surface area contributed by atoms with Gasteiger partial charge in [0.15, 0.2) is 5.96 Å².